The summed E-state index contributed by atoms with van der Waals surface area (Å²) in [5.41, 5.74) is 6.08. The zero-order chi connectivity index (χ0) is 16.1. The number of primary amides is 1. The number of hydrogen-bond acceptors (Lipinski definition) is 3. The molecule has 1 aromatic rings. The first-order valence-electron chi connectivity index (χ1n) is 7.15. The summed E-state index contributed by atoms with van der Waals surface area (Å²) in [5, 5.41) is 3.35. The average Bonchev–Trinajstić information content (AvgIpc) is 2.85. The van der Waals surface area contributed by atoms with Crippen molar-refractivity contribution >= 4 is 23.4 Å². The summed E-state index contributed by atoms with van der Waals surface area (Å²) in [4.78, 5) is 24.7. The van der Waals surface area contributed by atoms with Crippen molar-refractivity contribution < 1.29 is 14.0 Å². The number of hydrogen-bond donors (Lipinski definition) is 2. The molecule has 0 aromatic heterocycles. The first-order valence-corrected chi connectivity index (χ1v) is 7.52. The van der Waals surface area contributed by atoms with E-state index in [-0.39, 0.29) is 25.3 Å². The van der Waals surface area contributed by atoms with E-state index in [0.717, 1.165) is 5.56 Å². The van der Waals surface area contributed by atoms with Crippen molar-refractivity contribution in [3.05, 3.63) is 34.9 Å². The number of carbonyl (C=O) groups excluding carboxylic acids is 2. The average molecular weight is 328 g/mol. The SMILES string of the molecule is NC(=O)[C@@H]1C[C@@H](F)CN1CCC(=O)NCc1ccccc1Cl. The maximum absolute atomic E-state index is 13.4. The van der Waals surface area contributed by atoms with Gasteiger partial charge in [0, 0.05) is 37.5 Å². The van der Waals surface area contributed by atoms with Crippen LogP contribution in [0.3, 0.4) is 0 Å². The Labute approximate surface area is 133 Å². The van der Waals surface area contributed by atoms with Crippen molar-refractivity contribution in [3.63, 3.8) is 0 Å². The summed E-state index contributed by atoms with van der Waals surface area (Å²) in [5.74, 6) is -0.720. The summed E-state index contributed by atoms with van der Waals surface area (Å²) in [7, 11) is 0. The van der Waals surface area contributed by atoms with Gasteiger partial charge in [-0.3, -0.25) is 14.5 Å². The van der Waals surface area contributed by atoms with Crippen LogP contribution in [0.5, 0.6) is 0 Å². The molecule has 1 aliphatic heterocycles. The largest absolute Gasteiger partial charge is 0.368 e. The second kappa shape index (κ2) is 7.56. The monoisotopic (exact) mass is 327 g/mol. The van der Waals surface area contributed by atoms with Gasteiger partial charge in [0.2, 0.25) is 11.8 Å². The fraction of sp³-hybridized carbons (Fsp3) is 0.467. The fourth-order valence-electron chi connectivity index (χ4n) is 2.56. The number of benzene rings is 1. The topological polar surface area (TPSA) is 75.4 Å². The van der Waals surface area contributed by atoms with E-state index >= 15 is 0 Å². The van der Waals surface area contributed by atoms with E-state index in [9.17, 15) is 14.0 Å². The number of alkyl halides is 1. The number of nitrogens with one attached hydrogen (secondary N) is 1. The fourth-order valence-corrected chi connectivity index (χ4v) is 2.76. The summed E-state index contributed by atoms with van der Waals surface area (Å²) in [6.07, 6.45) is -0.777. The van der Waals surface area contributed by atoms with Crippen LogP contribution in [-0.2, 0) is 16.1 Å². The first-order chi connectivity index (χ1) is 10.5. The van der Waals surface area contributed by atoms with Crippen LogP contribution in [0, 0.1) is 0 Å². The van der Waals surface area contributed by atoms with Crippen LogP contribution in [0.1, 0.15) is 18.4 Å². The second-order valence-corrected chi connectivity index (χ2v) is 5.77. The standard InChI is InChI=1S/C15H19ClFN3O2/c16-12-4-2-1-3-10(12)8-19-14(21)5-6-20-9-11(17)7-13(20)15(18)22/h1-4,11,13H,5-9H2,(H2,18,22)(H,19,21)/t11-,13+/m1/s1. The molecular weight excluding hydrogens is 309 g/mol. The number of nitrogens with two attached hydrogens (primary N) is 1. The zero-order valence-corrected chi connectivity index (χ0v) is 12.9. The molecule has 1 aliphatic rings. The molecule has 1 fully saturated rings. The molecule has 2 atom stereocenters. The Balaban J connectivity index is 1.78. The van der Waals surface area contributed by atoms with Crippen LogP contribution >= 0.6 is 11.6 Å². The van der Waals surface area contributed by atoms with E-state index in [0.29, 0.717) is 18.1 Å². The van der Waals surface area contributed by atoms with E-state index in [1.54, 1.807) is 11.0 Å². The normalized spacial score (nSPS) is 21.7. The number of rotatable bonds is 6. The van der Waals surface area contributed by atoms with Crippen LogP contribution in [0.2, 0.25) is 5.02 Å². The molecule has 0 aliphatic carbocycles. The van der Waals surface area contributed by atoms with Crippen molar-refractivity contribution in [2.45, 2.75) is 31.6 Å². The van der Waals surface area contributed by atoms with Gasteiger partial charge in [-0.25, -0.2) is 4.39 Å². The predicted molar refractivity (Wildman–Crippen MR) is 82.0 cm³/mol. The molecule has 5 nitrogen and oxygen atoms in total. The van der Waals surface area contributed by atoms with Gasteiger partial charge < -0.3 is 11.1 Å². The van der Waals surface area contributed by atoms with Crippen LogP contribution in [-0.4, -0.2) is 42.0 Å². The molecule has 2 rings (SSSR count). The van der Waals surface area contributed by atoms with Crippen LogP contribution in [0.4, 0.5) is 4.39 Å². The minimum atomic E-state index is -1.07. The summed E-state index contributed by atoms with van der Waals surface area (Å²) < 4.78 is 13.4. The van der Waals surface area contributed by atoms with Gasteiger partial charge in [0.25, 0.3) is 0 Å². The molecule has 1 aromatic carbocycles. The third-order valence-corrected chi connectivity index (χ3v) is 4.11. The van der Waals surface area contributed by atoms with Gasteiger partial charge in [-0.15, -0.1) is 0 Å². The second-order valence-electron chi connectivity index (χ2n) is 5.36. The molecule has 22 heavy (non-hydrogen) atoms. The van der Waals surface area contributed by atoms with Gasteiger partial charge >= 0.3 is 0 Å². The third-order valence-electron chi connectivity index (χ3n) is 3.74. The lowest BCUT2D eigenvalue weighted by Crippen LogP contribution is -2.41. The van der Waals surface area contributed by atoms with Gasteiger partial charge in [0.05, 0.1) is 6.04 Å². The molecule has 0 unspecified atom stereocenters. The Kier molecular flexibility index (Phi) is 5.74. The van der Waals surface area contributed by atoms with Crippen molar-refractivity contribution in [2.24, 2.45) is 5.73 Å². The molecule has 1 saturated heterocycles. The number of carbonyl (C=O) groups is 2. The summed E-state index contributed by atoms with van der Waals surface area (Å²) in [6.45, 7) is 0.789. The van der Waals surface area contributed by atoms with Gasteiger partial charge in [-0.2, -0.15) is 0 Å². The van der Waals surface area contributed by atoms with Crippen molar-refractivity contribution in [1.82, 2.24) is 10.2 Å². The highest BCUT2D eigenvalue weighted by atomic mass is 35.5. The number of nitrogens with zero attached hydrogens (tertiary/aromatic N) is 1. The zero-order valence-electron chi connectivity index (χ0n) is 12.1. The summed E-state index contributed by atoms with van der Waals surface area (Å²) in [6, 6.07) is 6.63. The quantitative estimate of drug-likeness (QED) is 0.825. The molecule has 0 saturated carbocycles. The Bertz CT molecular complexity index is 555. The highest BCUT2D eigenvalue weighted by Crippen LogP contribution is 2.20. The number of halogens is 2. The van der Waals surface area contributed by atoms with E-state index in [1.165, 1.54) is 0 Å². The molecule has 2 amide bonds. The maximum atomic E-state index is 13.4. The van der Waals surface area contributed by atoms with Crippen LogP contribution in [0.25, 0.3) is 0 Å². The summed E-state index contributed by atoms with van der Waals surface area (Å²) >= 11 is 6.01. The molecule has 0 bridgehead atoms. The van der Waals surface area contributed by atoms with Crippen LogP contribution < -0.4 is 11.1 Å². The van der Waals surface area contributed by atoms with Crippen molar-refractivity contribution in [1.29, 1.82) is 0 Å². The highest BCUT2D eigenvalue weighted by Gasteiger charge is 2.35. The van der Waals surface area contributed by atoms with Gasteiger partial charge in [-0.05, 0) is 11.6 Å². The Morgan fingerprint density at radius 2 is 2.14 bits per heavy atom. The minimum absolute atomic E-state index is 0.108. The van der Waals surface area contributed by atoms with Gasteiger partial charge in [-0.1, -0.05) is 29.8 Å². The molecule has 1 heterocycles. The van der Waals surface area contributed by atoms with Crippen LogP contribution in [0.15, 0.2) is 24.3 Å². The predicted octanol–water partition coefficient (Wildman–Crippen LogP) is 1.24. The minimum Gasteiger partial charge on any atom is -0.368 e. The van der Waals surface area contributed by atoms with E-state index in [2.05, 4.69) is 5.32 Å². The Morgan fingerprint density at radius 1 is 1.41 bits per heavy atom. The Morgan fingerprint density at radius 3 is 2.82 bits per heavy atom. The van der Waals surface area contributed by atoms with Gasteiger partial charge in [0.1, 0.15) is 6.17 Å². The lowest BCUT2D eigenvalue weighted by molar-refractivity contribution is -0.124. The molecule has 0 radical (unpaired) electrons. The number of likely N-dealkylation sites (tertiary alicyclic amines) is 1. The smallest absolute Gasteiger partial charge is 0.234 e. The lowest BCUT2D eigenvalue weighted by atomic mass is 10.2. The molecule has 3 N–H and O–H groups in total. The Hall–Kier alpha value is -1.66. The molecule has 0 spiro atoms. The molecule has 120 valence electrons. The van der Waals surface area contributed by atoms with Gasteiger partial charge in [0.15, 0.2) is 0 Å². The first kappa shape index (κ1) is 16.7. The molecule has 7 heteroatoms. The third kappa shape index (κ3) is 4.42. The maximum Gasteiger partial charge on any atom is 0.234 e. The highest BCUT2D eigenvalue weighted by molar-refractivity contribution is 6.31. The van der Waals surface area contributed by atoms with E-state index < -0.39 is 18.1 Å². The van der Waals surface area contributed by atoms with Crippen molar-refractivity contribution in [2.75, 3.05) is 13.1 Å². The number of amides is 2. The van der Waals surface area contributed by atoms with Crippen molar-refractivity contribution in [3.8, 4) is 0 Å². The van der Waals surface area contributed by atoms with E-state index in [4.69, 9.17) is 17.3 Å². The lowest BCUT2D eigenvalue weighted by Gasteiger charge is -2.20. The molecular formula is C15H19ClFN3O2. The van der Waals surface area contributed by atoms with E-state index in [1.807, 2.05) is 18.2 Å².